The van der Waals surface area contributed by atoms with Crippen molar-refractivity contribution in [3.8, 4) is 0 Å². The highest BCUT2D eigenvalue weighted by Gasteiger charge is 2.30. The zero-order valence-corrected chi connectivity index (χ0v) is 63.5. The number of allylic oxidation sites excluding steroid dienone is 16. The van der Waals surface area contributed by atoms with Gasteiger partial charge in [0.05, 0.1) is 26.4 Å². The molecular formula is C79H138O17P2. The first-order valence-electron chi connectivity index (χ1n) is 38.5. The van der Waals surface area contributed by atoms with Crippen LogP contribution in [0, 0.1) is 0 Å². The molecule has 0 aromatic heterocycles. The maximum Gasteiger partial charge on any atom is 0.472 e. The number of ether oxygens (including phenoxy) is 4. The average molecular weight is 1420 g/mol. The third-order valence-electron chi connectivity index (χ3n) is 16.0. The number of hydrogen-bond acceptors (Lipinski definition) is 15. The zero-order valence-electron chi connectivity index (χ0n) is 61.7. The molecule has 98 heavy (non-hydrogen) atoms. The van der Waals surface area contributed by atoms with E-state index in [1.165, 1.54) is 77.0 Å². The molecule has 0 aromatic carbocycles. The third kappa shape index (κ3) is 70.4. The highest BCUT2D eigenvalue weighted by Crippen LogP contribution is 2.45. The Morgan fingerprint density at radius 3 is 0.827 bits per heavy atom. The molecule has 0 spiro atoms. The minimum absolute atomic E-state index is 0.0798. The fourth-order valence-electron chi connectivity index (χ4n) is 10.2. The largest absolute Gasteiger partial charge is 0.472 e. The summed E-state index contributed by atoms with van der Waals surface area (Å²) < 4.78 is 68.4. The van der Waals surface area contributed by atoms with Gasteiger partial charge in [-0.25, -0.2) is 9.13 Å². The van der Waals surface area contributed by atoms with Crippen LogP contribution in [-0.4, -0.2) is 96.7 Å². The molecule has 0 aliphatic heterocycles. The summed E-state index contributed by atoms with van der Waals surface area (Å²) in [6.45, 7) is 4.61. The second-order valence-corrected chi connectivity index (χ2v) is 28.4. The third-order valence-corrected chi connectivity index (χ3v) is 17.9. The van der Waals surface area contributed by atoms with Gasteiger partial charge in [-0.05, 0) is 122 Å². The monoisotopic (exact) mass is 1420 g/mol. The van der Waals surface area contributed by atoms with Crippen molar-refractivity contribution in [2.24, 2.45) is 0 Å². The quantitative estimate of drug-likeness (QED) is 0.0169. The molecule has 0 aliphatic rings. The first kappa shape index (κ1) is 94.0. The molecule has 0 saturated heterocycles. The van der Waals surface area contributed by atoms with Gasteiger partial charge in [0, 0.05) is 25.7 Å². The van der Waals surface area contributed by atoms with E-state index in [2.05, 4.69) is 125 Å². The van der Waals surface area contributed by atoms with Crippen molar-refractivity contribution >= 4 is 39.5 Å². The smallest absolute Gasteiger partial charge is 0.462 e. The van der Waals surface area contributed by atoms with Gasteiger partial charge >= 0.3 is 39.5 Å². The number of aliphatic hydroxyl groups is 1. The van der Waals surface area contributed by atoms with Crippen LogP contribution in [0.2, 0.25) is 0 Å². The van der Waals surface area contributed by atoms with Crippen molar-refractivity contribution in [2.45, 2.75) is 341 Å². The Kier molecular flexibility index (Phi) is 68.4. The van der Waals surface area contributed by atoms with Crippen molar-refractivity contribution in [1.29, 1.82) is 0 Å². The summed E-state index contributed by atoms with van der Waals surface area (Å²) in [7, 11) is -9.95. The lowest BCUT2D eigenvalue weighted by Gasteiger charge is -2.21. The van der Waals surface area contributed by atoms with Gasteiger partial charge in [-0.3, -0.25) is 37.3 Å². The van der Waals surface area contributed by atoms with E-state index in [4.69, 9.17) is 37.0 Å². The van der Waals surface area contributed by atoms with Gasteiger partial charge < -0.3 is 33.8 Å². The van der Waals surface area contributed by atoms with Crippen LogP contribution >= 0.6 is 15.6 Å². The highest BCUT2D eigenvalue weighted by atomic mass is 31.2. The predicted molar refractivity (Wildman–Crippen MR) is 399 cm³/mol. The molecule has 0 saturated carbocycles. The van der Waals surface area contributed by atoms with E-state index in [1.54, 1.807) is 0 Å². The predicted octanol–water partition coefficient (Wildman–Crippen LogP) is 22.0. The average Bonchev–Trinajstić information content (AvgIpc) is 0.986. The Bertz CT molecular complexity index is 2240. The number of aliphatic hydroxyl groups excluding tert-OH is 1. The van der Waals surface area contributed by atoms with Gasteiger partial charge in [-0.15, -0.1) is 0 Å². The van der Waals surface area contributed by atoms with Crippen molar-refractivity contribution in [3.05, 3.63) is 97.2 Å². The van der Waals surface area contributed by atoms with E-state index >= 15 is 0 Å². The van der Waals surface area contributed by atoms with Crippen LogP contribution in [0.15, 0.2) is 97.2 Å². The first-order valence-corrected chi connectivity index (χ1v) is 41.5. The van der Waals surface area contributed by atoms with Gasteiger partial charge in [0.15, 0.2) is 12.2 Å². The standard InChI is InChI=1S/C79H138O17P2/c1-5-9-13-17-21-25-29-32-35-36-39-41-45-48-52-56-60-64-77(82)90-70-75(96-79(84)66-62-58-54-50-46-42-38-34-31-27-23-19-15-11-7-3)72-94-98(87,88)92-68-73(80)67-91-97(85,86)93-71-74(95-78(83)65-61-57-53-49-43-28-24-20-16-12-8-4)69-89-76(81)63-59-55-51-47-44-40-37-33-30-26-22-18-14-10-6-2/h9-10,13-14,21-22,25-26,32-35,37-39,41,73-75,80H,5-8,11-12,15-20,23-24,27-31,36,40,42-72H2,1-4H3,(H,85,86)(H,87,88)/b13-9-,14-10-,25-21-,26-22-,35-32-,37-33-,38-34-,41-39-. The van der Waals surface area contributed by atoms with Crippen LogP contribution in [0.4, 0.5) is 0 Å². The van der Waals surface area contributed by atoms with E-state index < -0.39 is 97.5 Å². The van der Waals surface area contributed by atoms with Crippen molar-refractivity contribution in [2.75, 3.05) is 39.6 Å². The first-order chi connectivity index (χ1) is 47.7. The number of hydrogen-bond donors (Lipinski definition) is 3. The molecule has 566 valence electrons. The zero-order chi connectivity index (χ0) is 71.8. The topological polar surface area (TPSA) is 237 Å². The highest BCUT2D eigenvalue weighted by molar-refractivity contribution is 7.47. The van der Waals surface area contributed by atoms with Crippen LogP contribution < -0.4 is 0 Å². The van der Waals surface area contributed by atoms with Crippen LogP contribution in [0.25, 0.3) is 0 Å². The molecule has 17 nitrogen and oxygen atoms in total. The lowest BCUT2D eigenvalue weighted by atomic mass is 10.1. The Morgan fingerprint density at radius 1 is 0.296 bits per heavy atom. The number of carbonyl (C=O) groups is 4. The van der Waals surface area contributed by atoms with Crippen LogP contribution in [0.5, 0.6) is 0 Å². The SMILES string of the molecule is CC/C=C\C/C=C\C/C=C\C/C=C\CCCCCCC(=O)OCC(COP(=O)(O)OCC(O)COP(=O)(O)OCC(COC(=O)CCCCCCC/C=C\C/C=C\C/C=C\CC)OC(=O)CCCCCCCCCCCCC)OC(=O)CCCCCCC/C=C\CCCCCCCC. The van der Waals surface area contributed by atoms with Gasteiger partial charge in [-0.1, -0.05) is 273 Å². The molecular weight excluding hydrogens is 1280 g/mol. The maximum atomic E-state index is 13.1. The molecule has 0 heterocycles. The van der Waals surface area contributed by atoms with Gasteiger partial charge in [-0.2, -0.15) is 0 Å². The van der Waals surface area contributed by atoms with Gasteiger partial charge in [0.2, 0.25) is 0 Å². The molecule has 0 aromatic rings. The van der Waals surface area contributed by atoms with Crippen molar-refractivity contribution < 1.29 is 80.2 Å². The van der Waals surface area contributed by atoms with Crippen LogP contribution in [-0.2, 0) is 65.4 Å². The van der Waals surface area contributed by atoms with Crippen molar-refractivity contribution in [3.63, 3.8) is 0 Å². The van der Waals surface area contributed by atoms with E-state index in [9.17, 15) is 43.2 Å². The molecule has 19 heteroatoms. The Morgan fingerprint density at radius 2 is 0.531 bits per heavy atom. The number of rotatable bonds is 72. The molecule has 0 amide bonds. The Hall–Kier alpha value is -4.02. The maximum absolute atomic E-state index is 13.1. The number of phosphoric acid groups is 2. The Balaban J connectivity index is 5.35. The summed E-state index contributed by atoms with van der Waals surface area (Å²) >= 11 is 0. The summed E-state index contributed by atoms with van der Waals surface area (Å²) in [6.07, 6.45) is 74.0. The summed E-state index contributed by atoms with van der Waals surface area (Å²) in [5.74, 6) is -2.21. The summed E-state index contributed by atoms with van der Waals surface area (Å²) in [5.41, 5.74) is 0. The lowest BCUT2D eigenvalue weighted by Crippen LogP contribution is -2.30. The van der Waals surface area contributed by atoms with Crippen LogP contribution in [0.1, 0.15) is 323 Å². The number of unbranched alkanes of at least 4 members (excludes halogenated alkanes) is 30. The second-order valence-electron chi connectivity index (χ2n) is 25.5. The molecule has 3 N–H and O–H groups in total. The molecule has 5 atom stereocenters. The summed E-state index contributed by atoms with van der Waals surface area (Å²) in [4.78, 5) is 72.8. The minimum atomic E-state index is -4.98. The molecule has 0 fully saturated rings. The van der Waals surface area contributed by atoms with Gasteiger partial charge in [0.25, 0.3) is 0 Å². The normalized spacial score (nSPS) is 14.5. The lowest BCUT2D eigenvalue weighted by molar-refractivity contribution is -0.161. The molecule has 5 unspecified atom stereocenters. The van der Waals surface area contributed by atoms with E-state index in [-0.39, 0.29) is 25.7 Å². The molecule has 0 bridgehead atoms. The van der Waals surface area contributed by atoms with Gasteiger partial charge in [0.1, 0.15) is 19.3 Å². The van der Waals surface area contributed by atoms with Crippen LogP contribution in [0.3, 0.4) is 0 Å². The number of esters is 4. The van der Waals surface area contributed by atoms with E-state index in [0.717, 1.165) is 167 Å². The molecule has 0 radical (unpaired) electrons. The number of phosphoric ester groups is 2. The number of carbonyl (C=O) groups excluding carboxylic acids is 4. The fraction of sp³-hybridized carbons (Fsp3) is 0.747. The van der Waals surface area contributed by atoms with E-state index in [0.29, 0.717) is 25.7 Å². The molecule has 0 rings (SSSR count). The second kappa shape index (κ2) is 71.4. The summed E-state index contributed by atoms with van der Waals surface area (Å²) in [6, 6.07) is 0. The minimum Gasteiger partial charge on any atom is -0.462 e. The van der Waals surface area contributed by atoms with E-state index in [1.807, 2.05) is 0 Å². The Labute approximate surface area is 595 Å². The van der Waals surface area contributed by atoms with Crippen molar-refractivity contribution in [1.82, 2.24) is 0 Å². The fourth-order valence-corrected chi connectivity index (χ4v) is 11.8. The summed E-state index contributed by atoms with van der Waals surface area (Å²) in [5, 5.41) is 10.6. The molecule has 0 aliphatic carbocycles.